The Hall–Kier alpha value is -1.14. The topological polar surface area (TPSA) is 97.0 Å². The lowest BCUT2D eigenvalue weighted by Gasteiger charge is -2.10. The average Bonchev–Trinajstić information content (AvgIpc) is 2.95. The molecule has 1 fully saturated rings. The molecule has 0 bridgehead atoms. The average molecular weight is 230 g/mol. The molecular formula is C8H12ClN5O. The number of hydrogen-bond donors (Lipinski definition) is 3. The van der Waals surface area contributed by atoms with E-state index < -0.39 is 0 Å². The molecule has 2 rings (SSSR count). The van der Waals surface area contributed by atoms with Crippen LogP contribution in [0.2, 0.25) is 5.28 Å². The first-order valence-electron chi connectivity index (χ1n) is 4.74. The lowest BCUT2D eigenvalue weighted by Crippen LogP contribution is -2.22. The van der Waals surface area contributed by atoms with E-state index in [1.807, 2.05) is 0 Å². The highest BCUT2D eigenvalue weighted by molar-refractivity contribution is 6.28. The molecule has 0 aromatic carbocycles. The summed E-state index contributed by atoms with van der Waals surface area (Å²) in [5, 5.41) is 12.5. The van der Waals surface area contributed by atoms with E-state index in [4.69, 9.17) is 17.3 Å². The highest BCUT2D eigenvalue weighted by Crippen LogP contribution is 2.32. The van der Waals surface area contributed by atoms with E-state index in [0.29, 0.717) is 18.4 Å². The Morgan fingerprint density at radius 1 is 1.47 bits per heavy atom. The number of anilines is 2. The molecule has 7 heteroatoms. The van der Waals surface area contributed by atoms with Gasteiger partial charge in [-0.1, -0.05) is 0 Å². The Balaban J connectivity index is 1.91. The largest absolute Gasteiger partial charge is 0.391 e. The van der Waals surface area contributed by atoms with Crippen molar-refractivity contribution in [1.29, 1.82) is 0 Å². The van der Waals surface area contributed by atoms with E-state index in [-0.39, 0.29) is 17.3 Å². The molecule has 1 aromatic rings. The second-order valence-corrected chi connectivity index (χ2v) is 3.91. The van der Waals surface area contributed by atoms with Gasteiger partial charge in [0.15, 0.2) is 0 Å². The molecule has 0 spiro atoms. The first-order chi connectivity index (χ1) is 7.15. The molecule has 1 atom stereocenters. The Morgan fingerprint density at radius 3 is 2.80 bits per heavy atom. The summed E-state index contributed by atoms with van der Waals surface area (Å²) >= 11 is 5.60. The smallest absolute Gasteiger partial charge is 0.228 e. The van der Waals surface area contributed by atoms with Crippen LogP contribution >= 0.6 is 11.6 Å². The highest BCUT2D eigenvalue weighted by Gasteiger charge is 2.29. The van der Waals surface area contributed by atoms with Crippen LogP contribution in [0.3, 0.4) is 0 Å². The van der Waals surface area contributed by atoms with Crippen molar-refractivity contribution in [2.75, 3.05) is 17.6 Å². The third kappa shape index (κ3) is 2.90. The maximum Gasteiger partial charge on any atom is 0.228 e. The molecule has 15 heavy (non-hydrogen) atoms. The zero-order chi connectivity index (χ0) is 10.8. The van der Waals surface area contributed by atoms with Crippen LogP contribution in [0.4, 0.5) is 11.9 Å². The minimum Gasteiger partial charge on any atom is -0.391 e. The number of rotatable bonds is 4. The first-order valence-corrected chi connectivity index (χ1v) is 5.12. The number of aliphatic hydroxyl groups excluding tert-OH is 1. The summed E-state index contributed by atoms with van der Waals surface area (Å²) < 4.78 is 0. The van der Waals surface area contributed by atoms with Gasteiger partial charge in [0.2, 0.25) is 17.2 Å². The van der Waals surface area contributed by atoms with Crippen LogP contribution in [-0.4, -0.2) is 32.7 Å². The van der Waals surface area contributed by atoms with Crippen LogP contribution in [0.5, 0.6) is 0 Å². The minimum absolute atomic E-state index is 0.0471. The number of hydrogen-bond acceptors (Lipinski definition) is 6. The molecule has 0 radical (unpaired) electrons. The number of nitrogens with one attached hydrogen (secondary N) is 1. The predicted molar refractivity (Wildman–Crippen MR) is 56.5 cm³/mol. The molecule has 1 aliphatic carbocycles. The van der Waals surface area contributed by atoms with Crippen molar-refractivity contribution in [3.63, 3.8) is 0 Å². The lowest BCUT2D eigenvalue weighted by atomic mass is 10.2. The molecule has 0 aliphatic heterocycles. The van der Waals surface area contributed by atoms with Crippen LogP contribution < -0.4 is 11.1 Å². The summed E-state index contributed by atoms with van der Waals surface area (Å²) in [4.78, 5) is 11.3. The Labute approximate surface area is 91.9 Å². The van der Waals surface area contributed by atoms with Crippen molar-refractivity contribution in [2.45, 2.75) is 18.9 Å². The zero-order valence-electron chi connectivity index (χ0n) is 8.02. The van der Waals surface area contributed by atoms with E-state index in [0.717, 1.165) is 12.8 Å². The highest BCUT2D eigenvalue weighted by atomic mass is 35.5. The second kappa shape index (κ2) is 4.16. The van der Waals surface area contributed by atoms with Gasteiger partial charge in [-0.2, -0.15) is 15.0 Å². The van der Waals surface area contributed by atoms with Crippen molar-refractivity contribution in [3.05, 3.63) is 5.28 Å². The molecule has 1 heterocycles. The van der Waals surface area contributed by atoms with Gasteiger partial charge in [-0.3, -0.25) is 0 Å². The molecule has 1 aliphatic rings. The van der Waals surface area contributed by atoms with Gasteiger partial charge in [-0.15, -0.1) is 0 Å². The normalized spacial score (nSPS) is 17.5. The van der Waals surface area contributed by atoms with E-state index in [1.165, 1.54) is 0 Å². The van der Waals surface area contributed by atoms with Gasteiger partial charge in [-0.05, 0) is 30.4 Å². The second-order valence-electron chi connectivity index (χ2n) is 3.57. The summed E-state index contributed by atoms with van der Waals surface area (Å²) in [6.07, 6.45) is 1.81. The van der Waals surface area contributed by atoms with Gasteiger partial charge >= 0.3 is 0 Å². The zero-order valence-corrected chi connectivity index (χ0v) is 8.78. The van der Waals surface area contributed by atoms with E-state index >= 15 is 0 Å². The standard InChI is InChI=1S/C8H12ClN5O/c9-6-12-7(10)14-8(13-6)11-3-5(15)4-1-2-4/h4-5,15H,1-3H2,(H3,10,11,12,13,14). The first kappa shape index (κ1) is 10.4. The van der Waals surface area contributed by atoms with Crippen LogP contribution in [0.15, 0.2) is 0 Å². The minimum atomic E-state index is -0.359. The number of aliphatic hydroxyl groups is 1. The predicted octanol–water partition coefficient (Wildman–Crippen LogP) is 0.290. The summed E-state index contributed by atoms with van der Waals surface area (Å²) in [7, 11) is 0. The molecule has 6 nitrogen and oxygen atoms in total. The van der Waals surface area contributed by atoms with Crippen molar-refractivity contribution < 1.29 is 5.11 Å². The molecule has 0 amide bonds. The van der Waals surface area contributed by atoms with Crippen molar-refractivity contribution in [1.82, 2.24) is 15.0 Å². The quantitative estimate of drug-likeness (QED) is 0.687. The van der Waals surface area contributed by atoms with Crippen molar-refractivity contribution in [2.24, 2.45) is 5.92 Å². The number of halogens is 1. The third-order valence-corrected chi connectivity index (χ3v) is 2.43. The molecule has 1 aromatic heterocycles. The van der Waals surface area contributed by atoms with Gasteiger partial charge in [0, 0.05) is 6.54 Å². The maximum absolute atomic E-state index is 9.59. The maximum atomic E-state index is 9.59. The lowest BCUT2D eigenvalue weighted by molar-refractivity contribution is 0.164. The van der Waals surface area contributed by atoms with Crippen LogP contribution in [-0.2, 0) is 0 Å². The van der Waals surface area contributed by atoms with E-state index in [2.05, 4.69) is 20.3 Å². The molecule has 82 valence electrons. The Kier molecular flexibility index (Phi) is 2.88. The van der Waals surface area contributed by atoms with Gasteiger partial charge in [0.05, 0.1) is 6.10 Å². The molecule has 0 saturated heterocycles. The Bertz CT molecular complexity index is 337. The van der Waals surface area contributed by atoms with Crippen LogP contribution in [0, 0.1) is 5.92 Å². The van der Waals surface area contributed by atoms with E-state index in [1.54, 1.807) is 0 Å². The number of nitrogens with two attached hydrogens (primary N) is 1. The van der Waals surface area contributed by atoms with Gasteiger partial charge in [-0.25, -0.2) is 0 Å². The van der Waals surface area contributed by atoms with Gasteiger partial charge < -0.3 is 16.2 Å². The van der Waals surface area contributed by atoms with Crippen molar-refractivity contribution in [3.8, 4) is 0 Å². The monoisotopic (exact) mass is 229 g/mol. The fourth-order valence-electron chi connectivity index (χ4n) is 1.29. The molecule has 1 saturated carbocycles. The fraction of sp³-hybridized carbons (Fsp3) is 0.625. The van der Waals surface area contributed by atoms with Crippen molar-refractivity contribution >= 4 is 23.5 Å². The molecule has 4 N–H and O–H groups in total. The Morgan fingerprint density at radius 2 is 2.20 bits per heavy atom. The number of nitrogen functional groups attached to an aromatic ring is 1. The summed E-state index contributed by atoms with van der Waals surface area (Å²) in [5.74, 6) is 0.776. The van der Waals surface area contributed by atoms with Crippen LogP contribution in [0.25, 0.3) is 0 Å². The molecular weight excluding hydrogens is 218 g/mol. The summed E-state index contributed by atoms with van der Waals surface area (Å²) in [6, 6.07) is 0. The fourth-order valence-corrected chi connectivity index (χ4v) is 1.45. The van der Waals surface area contributed by atoms with Gasteiger partial charge in [0.25, 0.3) is 0 Å². The van der Waals surface area contributed by atoms with Crippen LogP contribution in [0.1, 0.15) is 12.8 Å². The van der Waals surface area contributed by atoms with E-state index in [9.17, 15) is 5.11 Å². The SMILES string of the molecule is Nc1nc(Cl)nc(NCC(O)C2CC2)n1. The summed E-state index contributed by atoms with van der Waals surface area (Å²) in [6.45, 7) is 0.407. The van der Waals surface area contributed by atoms with Gasteiger partial charge in [0.1, 0.15) is 0 Å². The third-order valence-electron chi connectivity index (χ3n) is 2.26. The molecule has 1 unspecified atom stereocenters. The number of nitrogens with zero attached hydrogens (tertiary/aromatic N) is 3. The number of aromatic nitrogens is 3. The summed E-state index contributed by atoms with van der Waals surface area (Å²) in [5.41, 5.74) is 5.39.